The van der Waals surface area contributed by atoms with Crippen LogP contribution < -0.4 is 15.5 Å². The van der Waals surface area contributed by atoms with Crippen molar-refractivity contribution in [2.45, 2.75) is 25.8 Å². The van der Waals surface area contributed by atoms with Crippen LogP contribution in [0.1, 0.15) is 41.0 Å². The number of aromatic nitrogens is 2. The lowest BCUT2D eigenvalue weighted by Gasteiger charge is -2.29. The van der Waals surface area contributed by atoms with Gasteiger partial charge in [-0.3, -0.25) is 9.69 Å². The first-order valence-electron chi connectivity index (χ1n) is 11.8. The molecule has 4 aromatic rings. The van der Waals surface area contributed by atoms with Crippen molar-refractivity contribution in [2.75, 3.05) is 29.9 Å². The van der Waals surface area contributed by atoms with Gasteiger partial charge in [0.1, 0.15) is 5.82 Å². The lowest BCUT2D eigenvalue weighted by Crippen LogP contribution is -2.39. The van der Waals surface area contributed by atoms with Crippen LogP contribution in [0.25, 0.3) is 10.1 Å². The van der Waals surface area contributed by atoms with Crippen molar-refractivity contribution < 1.29 is 4.79 Å². The number of thiophene rings is 1. The summed E-state index contributed by atoms with van der Waals surface area (Å²) >= 11 is 1.54. The molecule has 0 unspecified atom stereocenters. The number of nitrogens with zero attached hydrogens (tertiary/aromatic N) is 3. The molecule has 1 aliphatic rings. The van der Waals surface area contributed by atoms with Gasteiger partial charge in [-0.1, -0.05) is 48.5 Å². The molecule has 34 heavy (non-hydrogen) atoms. The summed E-state index contributed by atoms with van der Waals surface area (Å²) < 4.78 is 1.12. The summed E-state index contributed by atoms with van der Waals surface area (Å²) in [7, 11) is 0. The maximum atomic E-state index is 13.8. The molecule has 7 heteroatoms. The molecule has 0 saturated carbocycles. The molecule has 1 atom stereocenters. The lowest BCUT2D eigenvalue weighted by molar-refractivity contribution is 0.0984. The predicted octanol–water partition coefficient (Wildman–Crippen LogP) is 5.51. The smallest absolute Gasteiger partial charge is 0.269 e. The van der Waals surface area contributed by atoms with Crippen LogP contribution in [-0.2, 0) is 0 Å². The van der Waals surface area contributed by atoms with Gasteiger partial charge < -0.3 is 10.6 Å². The van der Waals surface area contributed by atoms with Gasteiger partial charge in [0.05, 0.1) is 10.9 Å². The van der Waals surface area contributed by atoms with E-state index >= 15 is 0 Å². The lowest BCUT2D eigenvalue weighted by atomic mass is 9.97. The second kappa shape index (κ2) is 10.3. The highest BCUT2D eigenvalue weighted by Crippen LogP contribution is 2.29. The molecule has 6 nitrogen and oxygen atoms in total. The molecule has 1 aliphatic heterocycles. The summed E-state index contributed by atoms with van der Waals surface area (Å²) in [5.74, 6) is 1.60. The fraction of sp³-hybridized carbons (Fsp3) is 0.296. The van der Waals surface area contributed by atoms with Crippen LogP contribution in [0.2, 0.25) is 0 Å². The Morgan fingerprint density at radius 2 is 1.88 bits per heavy atom. The number of fused-ring (bicyclic) bond motifs is 1. The largest absolute Gasteiger partial charge is 0.348 e. The third-order valence-electron chi connectivity index (χ3n) is 6.34. The number of benzene rings is 2. The second-order valence-electron chi connectivity index (χ2n) is 8.77. The molecule has 1 fully saturated rings. The van der Waals surface area contributed by atoms with Crippen molar-refractivity contribution in [3.05, 3.63) is 83.4 Å². The predicted molar refractivity (Wildman–Crippen MR) is 140 cm³/mol. The Hall–Kier alpha value is -3.29. The zero-order chi connectivity index (χ0) is 23.3. The van der Waals surface area contributed by atoms with Gasteiger partial charge in [0.15, 0.2) is 0 Å². The van der Waals surface area contributed by atoms with E-state index in [9.17, 15) is 4.79 Å². The summed E-state index contributed by atoms with van der Waals surface area (Å²) in [6.45, 7) is 4.71. The fourth-order valence-corrected chi connectivity index (χ4v) is 5.42. The first-order chi connectivity index (χ1) is 16.7. The minimum absolute atomic E-state index is 0.000454. The summed E-state index contributed by atoms with van der Waals surface area (Å²) in [4.78, 5) is 25.6. The Morgan fingerprint density at radius 3 is 2.68 bits per heavy atom. The van der Waals surface area contributed by atoms with E-state index in [1.165, 1.54) is 11.3 Å². The fourth-order valence-electron chi connectivity index (χ4n) is 4.41. The SMILES string of the molecule is C[C@H](Nc1nccc(N(CC2CCNCC2)C(=O)c2cc3ccccc3s2)n1)c1ccccc1. The monoisotopic (exact) mass is 471 g/mol. The number of carbonyl (C=O) groups is 1. The van der Waals surface area contributed by atoms with Gasteiger partial charge in [-0.2, -0.15) is 4.98 Å². The normalized spacial score (nSPS) is 15.2. The molecular weight excluding hydrogens is 442 g/mol. The van der Waals surface area contributed by atoms with Gasteiger partial charge in [-0.15, -0.1) is 11.3 Å². The average molecular weight is 472 g/mol. The van der Waals surface area contributed by atoms with Crippen molar-refractivity contribution in [1.82, 2.24) is 15.3 Å². The summed E-state index contributed by atoms with van der Waals surface area (Å²) in [6, 6.07) is 22.2. The number of rotatable bonds is 7. The number of amides is 1. The van der Waals surface area contributed by atoms with Crippen molar-refractivity contribution in [3.63, 3.8) is 0 Å². The Balaban J connectivity index is 1.43. The number of hydrogen-bond acceptors (Lipinski definition) is 6. The number of piperidine rings is 1. The minimum atomic E-state index is 0.000454. The van der Waals surface area contributed by atoms with E-state index in [2.05, 4.69) is 46.8 Å². The van der Waals surface area contributed by atoms with E-state index < -0.39 is 0 Å². The van der Waals surface area contributed by atoms with Gasteiger partial charge >= 0.3 is 0 Å². The van der Waals surface area contributed by atoms with E-state index in [0.717, 1.165) is 46.5 Å². The Morgan fingerprint density at radius 1 is 1.12 bits per heavy atom. The van der Waals surface area contributed by atoms with E-state index in [-0.39, 0.29) is 11.9 Å². The Bertz CT molecular complexity index is 1220. The highest BCUT2D eigenvalue weighted by Gasteiger charge is 2.26. The molecular formula is C27H29N5OS. The molecule has 2 N–H and O–H groups in total. The van der Waals surface area contributed by atoms with Crippen LogP contribution >= 0.6 is 11.3 Å². The van der Waals surface area contributed by atoms with Crippen LogP contribution in [-0.4, -0.2) is 35.5 Å². The first-order valence-corrected chi connectivity index (χ1v) is 12.6. The molecule has 0 aliphatic carbocycles. The zero-order valence-corrected chi connectivity index (χ0v) is 20.1. The quantitative estimate of drug-likeness (QED) is 0.372. The second-order valence-corrected chi connectivity index (χ2v) is 9.86. The standard InChI is InChI=1S/C27H29N5OS/c1-19(21-7-3-2-4-8-21)30-27-29-16-13-25(31-27)32(18-20-11-14-28-15-12-20)26(33)24-17-22-9-5-6-10-23(22)34-24/h2-10,13,16-17,19-20,28H,11-12,14-15,18H2,1H3,(H,29,30,31)/t19-/m0/s1. The van der Waals surface area contributed by atoms with E-state index in [1.807, 2.05) is 47.4 Å². The molecule has 0 radical (unpaired) electrons. The van der Waals surface area contributed by atoms with Gasteiger partial charge in [-0.25, -0.2) is 4.98 Å². The molecule has 1 saturated heterocycles. The van der Waals surface area contributed by atoms with E-state index in [4.69, 9.17) is 4.98 Å². The van der Waals surface area contributed by atoms with Crippen molar-refractivity contribution >= 4 is 39.1 Å². The van der Waals surface area contributed by atoms with Crippen molar-refractivity contribution in [3.8, 4) is 0 Å². The van der Waals surface area contributed by atoms with Crippen LogP contribution in [0.3, 0.4) is 0 Å². The maximum absolute atomic E-state index is 13.8. The Kier molecular flexibility index (Phi) is 6.83. The number of hydrogen-bond donors (Lipinski definition) is 2. The molecule has 0 spiro atoms. The zero-order valence-electron chi connectivity index (χ0n) is 19.3. The van der Waals surface area contributed by atoms with Crippen LogP contribution in [0.15, 0.2) is 72.9 Å². The van der Waals surface area contributed by atoms with Gasteiger partial charge in [0, 0.05) is 17.4 Å². The van der Waals surface area contributed by atoms with Gasteiger partial charge in [-0.05, 0) is 67.9 Å². The summed E-state index contributed by atoms with van der Waals surface area (Å²) in [5, 5.41) is 7.90. The molecule has 5 rings (SSSR count). The number of anilines is 2. The molecule has 1 amide bonds. The van der Waals surface area contributed by atoms with Crippen LogP contribution in [0, 0.1) is 5.92 Å². The maximum Gasteiger partial charge on any atom is 0.269 e. The first kappa shape index (κ1) is 22.5. The third-order valence-corrected chi connectivity index (χ3v) is 7.45. The van der Waals surface area contributed by atoms with Crippen LogP contribution in [0.5, 0.6) is 0 Å². The van der Waals surface area contributed by atoms with E-state index in [1.54, 1.807) is 6.20 Å². The summed E-state index contributed by atoms with van der Waals surface area (Å²) in [5.41, 5.74) is 1.16. The topological polar surface area (TPSA) is 70.2 Å². The number of carbonyl (C=O) groups excluding carboxylic acids is 1. The van der Waals surface area contributed by atoms with Crippen molar-refractivity contribution in [2.24, 2.45) is 5.92 Å². The molecule has 0 bridgehead atoms. The molecule has 2 aromatic heterocycles. The highest BCUT2D eigenvalue weighted by molar-refractivity contribution is 7.20. The third kappa shape index (κ3) is 5.11. The number of nitrogens with one attached hydrogen (secondary N) is 2. The minimum Gasteiger partial charge on any atom is -0.348 e. The Labute approximate surface area is 204 Å². The molecule has 2 aromatic carbocycles. The molecule has 174 valence electrons. The molecule has 3 heterocycles. The van der Waals surface area contributed by atoms with E-state index in [0.29, 0.717) is 24.2 Å². The van der Waals surface area contributed by atoms with Gasteiger partial charge in [0.2, 0.25) is 5.95 Å². The van der Waals surface area contributed by atoms with Gasteiger partial charge in [0.25, 0.3) is 5.91 Å². The average Bonchev–Trinajstić information content (AvgIpc) is 3.33. The van der Waals surface area contributed by atoms with Crippen molar-refractivity contribution in [1.29, 1.82) is 0 Å². The highest BCUT2D eigenvalue weighted by atomic mass is 32.1. The van der Waals surface area contributed by atoms with Crippen LogP contribution in [0.4, 0.5) is 11.8 Å². The summed E-state index contributed by atoms with van der Waals surface area (Å²) in [6.07, 6.45) is 3.84.